The molecule has 0 aliphatic heterocycles. The molecule has 0 saturated carbocycles. The van der Waals surface area contributed by atoms with Gasteiger partial charge in [-0.3, -0.25) is 0 Å². The van der Waals surface area contributed by atoms with E-state index in [0.717, 1.165) is 6.42 Å². The quantitative estimate of drug-likeness (QED) is 0.570. The van der Waals surface area contributed by atoms with Crippen LogP contribution in [0.3, 0.4) is 0 Å². The van der Waals surface area contributed by atoms with E-state index in [2.05, 4.69) is 73.6 Å². The Bertz CT molecular complexity index is 824. The van der Waals surface area contributed by atoms with Gasteiger partial charge >= 0.3 is 147 Å². The zero-order chi connectivity index (χ0) is 15.3. The molecular formula is C20H18Cl2NZr. The second-order valence-corrected chi connectivity index (χ2v) is 7.58. The molecule has 0 heterocycles. The summed E-state index contributed by atoms with van der Waals surface area (Å²) in [6.07, 6.45) is 7.77. The molecule has 1 atom stereocenters. The van der Waals surface area contributed by atoms with Gasteiger partial charge in [-0.1, -0.05) is 0 Å². The van der Waals surface area contributed by atoms with Gasteiger partial charge in [0.15, 0.2) is 0 Å². The Hall–Kier alpha value is -0.817. The van der Waals surface area contributed by atoms with Crippen molar-refractivity contribution >= 4 is 11.3 Å². The normalized spacial score (nSPS) is 16.7. The summed E-state index contributed by atoms with van der Waals surface area (Å²) >= 11 is 1.57. The average molecular weight is 435 g/mol. The molecule has 1 unspecified atom stereocenters. The van der Waals surface area contributed by atoms with Crippen LogP contribution in [0.4, 0.5) is 5.69 Å². The third-order valence-corrected chi connectivity index (χ3v) is 6.13. The average Bonchev–Trinajstić information content (AvgIpc) is 3.15. The zero-order valence-corrected chi connectivity index (χ0v) is 17.7. The number of fused-ring (bicyclic) bond motifs is 3. The Morgan fingerprint density at radius 1 is 1.00 bits per heavy atom. The minimum absolute atomic E-state index is 0. The van der Waals surface area contributed by atoms with Crippen LogP contribution >= 0.6 is 0 Å². The van der Waals surface area contributed by atoms with Gasteiger partial charge in [0.05, 0.1) is 0 Å². The first-order valence-corrected chi connectivity index (χ1v) is 9.11. The number of rotatable bonds is 2. The van der Waals surface area contributed by atoms with Crippen LogP contribution in [0.15, 0.2) is 54.6 Å². The molecule has 0 spiro atoms. The van der Waals surface area contributed by atoms with E-state index >= 15 is 0 Å². The molecule has 0 aromatic heterocycles. The Kier molecular flexibility index (Phi) is 6.18. The molecule has 2 aliphatic rings. The number of benzene rings is 2. The SMILES string of the molecule is CN(C)c1ccc(C2=CC=CC2)c2c1-c1ccccc1[CH]2[Zr+2].[Cl-].[Cl-]. The maximum atomic E-state index is 2.33. The van der Waals surface area contributed by atoms with E-state index in [9.17, 15) is 0 Å². The van der Waals surface area contributed by atoms with Crippen LogP contribution in [0.1, 0.15) is 26.7 Å². The number of hydrogen-bond donors (Lipinski definition) is 0. The van der Waals surface area contributed by atoms with Crippen molar-refractivity contribution in [1.82, 2.24) is 0 Å². The summed E-state index contributed by atoms with van der Waals surface area (Å²) in [7, 11) is 4.29. The molecule has 0 N–H and O–H groups in total. The van der Waals surface area contributed by atoms with Crippen molar-refractivity contribution in [2.75, 3.05) is 19.0 Å². The second-order valence-electron chi connectivity index (χ2n) is 6.16. The Balaban J connectivity index is 0.00000104. The van der Waals surface area contributed by atoms with Gasteiger partial charge in [-0.2, -0.15) is 0 Å². The number of allylic oxidation sites excluding steroid dienone is 4. The summed E-state index contributed by atoms with van der Waals surface area (Å²) in [4.78, 5) is 2.24. The Morgan fingerprint density at radius 3 is 2.42 bits per heavy atom. The van der Waals surface area contributed by atoms with E-state index in [1.165, 1.54) is 33.5 Å². The van der Waals surface area contributed by atoms with Gasteiger partial charge in [0, 0.05) is 0 Å². The number of halogens is 2. The molecule has 121 valence electrons. The summed E-state index contributed by atoms with van der Waals surface area (Å²) in [6.45, 7) is 0. The van der Waals surface area contributed by atoms with E-state index in [0.29, 0.717) is 3.63 Å². The summed E-state index contributed by atoms with van der Waals surface area (Å²) in [6, 6.07) is 13.6. The molecule has 0 bridgehead atoms. The Morgan fingerprint density at radius 2 is 1.75 bits per heavy atom. The maximum Gasteiger partial charge on any atom is -1.00 e. The second kappa shape index (κ2) is 7.60. The van der Waals surface area contributed by atoms with Crippen molar-refractivity contribution in [2.45, 2.75) is 10.0 Å². The summed E-state index contributed by atoms with van der Waals surface area (Å²) < 4.78 is 0.551. The fourth-order valence-electron chi connectivity index (χ4n) is 3.62. The smallest absolute Gasteiger partial charge is 1.00 e. The third kappa shape index (κ3) is 2.94. The van der Waals surface area contributed by atoms with Crippen molar-refractivity contribution in [3.05, 3.63) is 71.3 Å². The molecule has 2 aromatic carbocycles. The fourth-order valence-corrected chi connectivity index (χ4v) is 4.98. The van der Waals surface area contributed by atoms with Crippen LogP contribution in [-0.4, -0.2) is 14.1 Å². The van der Waals surface area contributed by atoms with Crippen molar-refractivity contribution in [3.8, 4) is 11.1 Å². The van der Waals surface area contributed by atoms with Crippen LogP contribution < -0.4 is 29.7 Å². The van der Waals surface area contributed by atoms with Crippen LogP contribution in [-0.2, 0) is 24.7 Å². The molecule has 0 radical (unpaired) electrons. The monoisotopic (exact) mass is 432 g/mol. The summed E-state index contributed by atoms with van der Waals surface area (Å²) in [5, 5.41) is 0. The first-order chi connectivity index (χ1) is 10.7. The molecule has 2 aromatic rings. The first kappa shape index (κ1) is 19.5. The van der Waals surface area contributed by atoms with Gasteiger partial charge in [-0.05, 0) is 0 Å². The van der Waals surface area contributed by atoms with E-state index < -0.39 is 0 Å². The predicted molar refractivity (Wildman–Crippen MR) is 89.8 cm³/mol. The molecule has 0 amide bonds. The molecule has 0 fully saturated rings. The van der Waals surface area contributed by atoms with E-state index in [4.69, 9.17) is 0 Å². The van der Waals surface area contributed by atoms with E-state index in [-0.39, 0.29) is 24.8 Å². The summed E-state index contributed by atoms with van der Waals surface area (Å²) in [5.41, 5.74) is 10.2. The van der Waals surface area contributed by atoms with Gasteiger partial charge in [-0.15, -0.1) is 0 Å². The van der Waals surface area contributed by atoms with Crippen molar-refractivity contribution < 1.29 is 49.5 Å². The molecular weight excluding hydrogens is 416 g/mol. The van der Waals surface area contributed by atoms with E-state index in [1.54, 1.807) is 30.3 Å². The Labute approximate surface area is 171 Å². The molecule has 4 rings (SSSR count). The molecule has 0 saturated heterocycles. The van der Waals surface area contributed by atoms with Gasteiger partial charge in [0.25, 0.3) is 0 Å². The summed E-state index contributed by atoms with van der Waals surface area (Å²) in [5.74, 6) is 0. The topological polar surface area (TPSA) is 3.24 Å². The zero-order valence-electron chi connectivity index (χ0n) is 13.7. The molecule has 24 heavy (non-hydrogen) atoms. The van der Waals surface area contributed by atoms with Crippen LogP contribution in [0.5, 0.6) is 0 Å². The minimum atomic E-state index is 0. The van der Waals surface area contributed by atoms with Gasteiger partial charge in [0.2, 0.25) is 0 Å². The maximum absolute atomic E-state index is 2.33. The van der Waals surface area contributed by atoms with Crippen molar-refractivity contribution in [3.63, 3.8) is 0 Å². The van der Waals surface area contributed by atoms with Crippen LogP contribution in [0.2, 0.25) is 0 Å². The van der Waals surface area contributed by atoms with Crippen molar-refractivity contribution in [2.24, 2.45) is 0 Å². The number of hydrogen-bond acceptors (Lipinski definition) is 1. The fraction of sp³-hybridized carbons (Fsp3) is 0.200. The van der Waals surface area contributed by atoms with Gasteiger partial charge in [0.1, 0.15) is 0 Å². The minimum Gasteiger partial charge on any atom is -1.00 e. The van der Waals surface area contributed by atoms with Gasteiger partial charge < -0.3 is 24.8 Å². The largest absolute Gasteiger partial charge is 1.00 e. The predicted octanol–water partition coefficient (Wildman–Crippen LogP) is -1.28. The molecule has 4 heteroatoms. The number of anilines is 1. The molecule has 1 nitrogen and oxygen atoms in total. The molecule has 2 aliphatic carbocycles. The van der Waals surface area contributed by atoms with Gasteiger partial charge in [-0.25, -0.2) is 0 Å². The van der Waals surface area contributed by atoms with Crippen LogP contribution in [0, 0.1) is 0 Å². The van der Waals surface area contributed by atoms with Crippen molar-refractivity contribution in [1.29, 1.82) is 0 Å². The standard InChI is InChI=1S/C20H18N.2ClH.Zr/c1-21(2)19-12-11-16(14-7-3-4-8-14)18-13-15-9-5-6-10-17(15)20(18)19;;;/h3-7,9-13H,8H2,1-2H3;2*1H;/q;;;+2/p-2. The number of nitrogens with zero attached hydrogens (tertiary/aromatic N) is 1. The van der Waals surface area contributed by atoms with Crippen LogP contribution in [0.25, 0.3) is 16.7 Å². The third-order valence-electron chi connectivity index (χ3n) is 4.65. The first-order valence-electron chi connectivity index (χ1n) is 7.69. The van der Waals surface area contributed by atoms with E-state index in [1.807, 2.05) is 0 Å².